The highest BCUT2D eigenvalue weighted by molar-refractivity contribution is 6.31. The molecular formula is C28H33ClN4O3. The first-order valence-electron chi connectivity index (χ1n) is 12.3. The third-order valence-electron chi connectivity index (χ3n) is 6.55. The molecule has 7 nitrogen and oxygen atoms in total. The summed E-state index contributed by atoms with van der Waals surface area (Å²) in [7, 11) is 0. The highest BCUT2D eigenvalue weighted by Crippen LogP contribution is 2.35. The van der Waals surface area contributed by atoms with E-state index in [9.17, 15) is 9.59 Å². The minimum atomic E-state index is -0.694. The quantitative estimate of drug-likeness (QED) is 0.405. The van der Waals surface area contributed by atoms with Crippen LogP contribution in [-0.2, 0) is 16.1 Å². The van der Waals surface area contributed by atoms with Crippen molar-refractivity contribution in [3.8, 4) is 0 Å². The van der Waals surface area contributed by atoms with Crippen molar-refractivity contribution in [2.45, 2.75) is 19.5 Å². The highest BCUT2D eigenvalue weighted by atomic mass is 35.5. The summed E-state index contributed by atoms with van der Waals surface area (Å²) < 4.78 is 5.47. The first-order chi connectivity index (χ1) is 17.5. The molecule has 1 atom stereocenters. The Labute approximate surface area is 218 Å². The summed E-state index contributed by atoms with van der Waals surface area (Å²) >= 11 is 6.50. The Morgan fingerprint density at radius 2 is 1.69 bits per heavy atom. The predicted octanol–water partition coefficient (Wildman–Crippen LogP) is 4.23. The lowest BCUT2D eigenvalue weighted by Gasteiger charge is -2.40. The van der Waals surface area contributed by atoms with Crippen LogP contribution in [0.25, 0.3) is 0 Å². The second-order valence-electron chi connectivity index (χ2n) is 8.92. The monoisotopic (exact) mass is 508 g/mol. The van der Waals surface area contributed by atoms with Gasteiger partial charge < -0.3 is 10.1 Å². The fraction of sp³-hybridized carbons (Fsp3) is 0.357. The number of hydrogen-bond donors (Lipinski definition) is 1. The minimum absolute atomic E-state index is 0.235. The number of nitrogens with one attached hydrogen (secondary N) is 1. The van der Waals surface area contributed by atoms with Crippen molar-refractivity contribution >= 4 is 23.6 Å². The fourth-order valence-corrected chi connectivity index (χ4v) is 4.99. The molecule has 8 heteroatoms. The van der Waals surface area contributed by atoms with Gasteiger partial charge >= 0.3 is 12.0 Å². The standard InChI is InChI=1S/C28H33ClN4O3/c1-3-14-33-24(20-32-17-15-31(16-18-32)19-21-10-6-5-7-11-21)25(27(34)36-4-2)26(30-28(33)35)22-12-8-9-13-23(22)29/h3,5-13,26H,1,4,14-20H2,2H3,(H,30,35)/t26-/m1/s1. The number of benzene rings is 2. The van der Waals surface area contributed by atoms with Gasteiger partial charge in [0.25, 0.3) is 0 Å². The first-order valence-corrected chi connectivity index (χ1v) is 12.7. The van der Waals surface area contributed by atoms with Gasteiger partial charge in [0, 0.05) is 56.5 Å². The van der Waals surface area contributed by atoms with Crippen molar-refractivity contribution in [2.75, 3.05) is 45.9 Å². The van der Waals surface area contributed by atoms with Crippen LogP contribution >= 0.6 is 11.6 Å². The summed E-state index contributed by atoms with van der Waals surface area (Å²) in [5, 5.41) is 3.45. The van der Waals surface area contributed by atoms with E-state index < -0.39 is 12.0 Å². The van der Waals surface area contributed by atoms with Crippen molar-refractivity contribution < 1.29 is 14.3 Å². The van der Waals surface area contributed by atoms with E-state index in [1.54, 1.807) is 24.0 Å². The molecule has 2 amide bonds. The van der Waals surface area contributed by atoms with Gasteiger partial charge in [0.2, 0.25) is 0 Å². The minimum Gasteiger partial charge on any atom is -0.463 e. The Balaban J connectivity index is 1.62. The number of ether oxygens (including phenoxy) is 1. The van der Waals surface area contributed by atoms with Crippen LogP contribution in [0.3, 0.4) is 0 Å². The van der Waals surface area contributed by atoms with Crippen LogP contribution in [0.2, 0.25) is 5.02 Å². The van der Waals surface area contributed by atoms with Gasteiger partial charge in [-0.05, 0) is 24.1 Å². The topological polar surface area (TPSA) is 65.1 Å². The lowest BCUT2D eigenvalue weighted by molar-refractivity contribution is -0.139. The van der Waals surface area contributed by atoms with Gasteiger partial charge in [-0.3, -0.25) is 14.7 Å². The predicted molar refractivity (Wildman–Crippen MR) is 141 cm³/mol. The summed E-state index contributed by atoms with van der Waals surface area (Å²) in [6.07, 6.45) is 1.66. The second kappa shape index (κ2) is 12.2. The van der Waals surface area contributed by atoms with Crippen molar-refractivity contribution in [1.82, 2.24) is 20.0 Å². The second-order valence-corrected chi connectivity index (χ2v) is 9.33. The molecule has 0 bridgehead atoms. The average molecular weight is 509 g/mol. The Kier molecular flexibility index (Phi) is 8.80. The number of carbonyl (C=O) groups excluding carboxylic acids is 2. The van der Waals surface area contributed by atoms with E-state index in [1.165, 1.54) is 5.56 Å². The van der Waals surface area contributed by atoms with Gasteiger partial charge in [-0.15, -0.1) is 6.58 Å². The highest BCUT2D eigenvalue weighted by Gasteiger charge is 2.39. The molecule has 1 saturated heterocycles. The summed E-state index contributed by atoms with van der Waals surface area (Å²) in [4.78, 5) is 32.8. The lowest BCUT2D eigenvalue weighted by atomic mass is 9.94. The van der Waals surface area contributed by atoms with Gasteiger partial charge in [-0.2, -0.15) is 0 Å². The van der Waals surface area contributed by atoms with Crippen LogP contribution in [-0.4, -0.2) is 72.6 Å². The Hall–Kier alpha value is -3.13. The maximum absolute atomic E-state index is 13.3. The maximum atomic E-state index is 13.3. The van der Waals surface area contributed by atoms with E-state index in [0.29, 0.717) is 28.4 Å². The van der Waals surface area contributed by atoms with Crippen LogP contribution in [0.5, 0.6) is 0 Å². The van der Waals surface area contributed by atoms with Gasteiger partial charge in [0.1, 0.15) is 0 Å². The van der Waals surface area contributed by atoms with E-state index in [1.807, 2.05) is 24.3 Å². The molecule has 0 spiro atoms. The van der Waals surface area contributed by atoms with E-state index in [-0.39, 0.29) is 19.2 Å². The molecule has 2 heterocycles. The summed E-state index contributed by atoms with van der Waals surface area (Å²) in [5.41, 5.74) is 3.01. The number of nitrogens with zero attached hydrogens (tertiary/aromatic N) is 3. The maximum Gasteiger partial charge on any atom is 0.338 e. The Bertz CT molecular complexity index is 1110. The van der Waals surface area contributed by atoms with Gasteiger partial charge in [-0.25, -0.2) is 9.59 Å². The normalized spacial score (nSPS) is 19.2. The van der Waals surface area contributed by atoms with Crippen LogP contribution in [0.4, 0.5) is 4.79 Å². The molecule has 36 heavy (non-hydrogen) atoms. The summed E-state index contributed by atoms with van der Waals surface area (Å²) in [5.74, 6) is -0.450. The third-order valence-corrected chi connectivity index (χ3v) is 6.89. The molecule has 190 valence electrons. The summed E-state index contributed by atoms with van der Waals surface area (Å²) in [6, 6.07) is 16.7. The molecule has 0 unspecified atom stereocenters. The van der Waals surface area contributed by atoms with Crippen LogP contribution in [0.15, 0.2) is 78.5 Å². The number of hydrogen-bond acceptors (Lipinski definition) is 5. The molecule has 0 aromatic heterocycles. The van der Waals surface area contributed by atoms with Crippen molar-refractivity contribution in [3.05, 3.63) is 94.7 Å². The number of amides is 2. The lowest BCUT2D eigenvalue weighted by Crippen LogP contribution is -2.53. The number of esters is 1. The molecule has 2 aromatic carbocycles. The van der Waals surface area contributed by atoms with Crippen LogP contribution in [0, 0.1) is 0 Å². The molecule has 0 radical (unpaired) electrons. The van der Waals surface area contributed by atoms with Crippen LogP contribution < -0.4 is 5.32 Å². The van der Waals surface area contributed by atoms with Crippen molar-refractivity contribution in [3.63, 3.8) is 0 Å². The molecule has 1 N–H and O–H groups in total. The summed E-state index contributed by atoms with van der Waals surface area (Å²) in [6.45, 7) is 10.9. The molecule has 2 aliphatic heterocycles. The van der Waals surface area contributed by atoms with Crippen LogP contribution in [0.1, 0.15) is 24.1 Å². The van der Waals surface area contributed by atoms with E-state index in [4.69, 9.17) is 16.3 Å². The van der Waals surface area contributed by atoms with E-state index in [2.05, 4.69) is 46.0 Å². The van der Waals surface area contributed by atoms with Gasteiger partial charge in [-0.1, -0.05) is 66.2 Å². The number of halogens is 1. The van der Waals surface area contributed by atoms with E-state index in [0.717, 1.165) is 32.7 Å². The molecular weight excluding hydrogens is 476 g/mol. The zero-order valence-electron chi connectivity index (χ0n) is 20.7. The molecule has 1 fully saturated rings. The molecule has 4 rings (SSSR count). The van der Waals surface area contributed by atoms with Gasteiger partial charge in [0.15, 0.2) is 0 Å². The fourth-order valence-electron chi connectivity index (χ4n) is 4.75. The SMILES string of the molecule is C=CCN1C(=O)N[C@H](c2ccccc2Cl)C(C(=O)OCC)=C1CN1CCN(Cc2ccccc2)CC1. The zero-order chi connectivity index (χ0) is 25.5. The largest absolute Gasteiger partial charge is 0.463 e. The van der Waals surface area contributed by atoms with Crippen molar-refractivity contribution in [2.24, 2.45) is 0 Å². The van der Waals surface area contributed by atoms with Crippen molar-refractivity contribution in [1.29, 1.82) is 0 Å². The van der Waals surface area contributed by atoms with E-state index >= 15 is 0 Å². The molecule has 0 aliphatic carbocycles. The zero-order valence-corrected chi connectivity index (χ0v) is 21.4. The molecule has 2 aromatic rings. The molecule has 2 aliphatic rings. The number of urea groups is 1. The Morgan fingerprint density at radius 3 is 2.33 bits per heavy atom. The van der Waals surface area contributed by atoms with Gasteiger partial charge in [0.05, 0.1) is 18.2 Å². The first kappa shape index (κ1) is 25.9. The average Bonchev–Trinajstić information content (AvgIpc) is 2.88. The smallest absolute Gasteiger partial charge is 0.338 e. The number of piperazine rings is 1. The number of rotatable bonds is 9. The number of carbonyl (C=O) groups is 2. The molecule has 0 saturated carbocycles. The Morgan fingerprint density at radius 1 is 1.06 bits per heavy atom. The third kappa shape index (κ3) is 5.98.